The van der Waals surface area contributed by atoms with Crippen LogP contribution in [0.5, 0.6) is 5.75 Å². The number of ether oxygens (including phenoxy) is 1. The molecule has 2 heterocycles. The van der Waals surface area contributed by atoms with Crippen molar-refractivity contribution in [3.05, 3.63) is 23.3 Å². The molecule has 1 saturated heterocycles. The number of benzene rings is 1. The molecular weight excluding hydrogens is 432 g/mol. The van der Waals surface area contributed by atoms with E-state index < -0.39 is 0 Å². The van der Waals surface area contributed by atoms with Crippen LogP contribution in [0.1, 0.15) is 75.3 Å². The predicted octanol–water partition coefficient (Wildman–Crippen LogP) is 3.41. The lowest BCUT2D eigenvalue weighted by molar-refractivity contribution is -0.135. The maximum absolute atomic E-state index is 12.7. The largest absolute Gasteiger partial charge is 0.493 e. The molecule has 1 saturated carbocycles. The Morgan fingerprint density at radius 3 is 2.76 bits per heavy atom. The standard InChI is InChI=1S/C26H38N4O4/c1-19-15-20-17-29-18-24(32)28-26(29)27-22(20)16-23(19)34-14-8-3-2-7-11-25(33)30(12-13-31)21-9-5-4-6-10-21/h15-16,21,31H,2-14,17-18H2,1H3,(H,27,28,32). The van der Waals surface area contributed by atoms with Crippen LogP contribution in [-0.4, -0.2) is 65.0 Å². The molecule has 8 nitrogen and oxygen atoms in total. The van der Waals surface area contributed by atoms with Gasteiger partial charge in [-0.25, -0.2) is 4.99 Å². The normalized spacial score (nSPS) is 17.6. The second kappa shape index (κ2) is 11.7. The zero-order valence-electron chi connectivity index (χ0n) is 20.4. The van der Waals surface area contributed by atoms with E-state index in [4.69, 9.17) is 4.74 Å². The molecule has 0 aromatic heterocycles. The number of nitrogens with zero attached hydrogens (tertiary/aromatic N) is 3. The third-order valence-electron chi connectivity index (χ3n) is 7.07. The van der Waals surface area contributed by atoms with Crippen molar-refractivity contribution in [2.24, 2.45) is 4.99 Å². The summed E-state index contributed by atoms with van der Waals surface area (Å²) in [6.07, 6.45) is 10.2. The van der Waals surface area contributed by atoms with Crippen LogP contribution in [0.25, 0.3) is 0 Å². The first kappa shape index (κ1) is 24.5. The number of rotatable bonds is 11. The molecular formula is C26H38N4O4. The van der Waals surface area contributed by atoms with Crippen molar-refractivity contribution in [2.75, 3.05) is 26.3 Å². The highest BCUT2D eigenvalue weighted by molar-refractivity contribution is 6.05. The maximum Gasteiger partial charge on any atom is 0.246 e. The second-order valence-corrected chi connectivity index (χ2v) is 9.70. The highest BCUT2D eigenvalue weighted by atomic mass is 16.5. The van der Waals surface area contributed by atoms with Crippen molar-refractivity contribution in [2.45, 2.75) is 83.7 Å². The second-order valence-electron chi connectivity index (χ2n) is 9.70. The molecule has 2 fully saturated rings. The van der Waals surface area contributed by atoms with Crippen molar-refractivity contribution in [1.82, 2.24) is 15.1 Å². The number of hydrogen-bond acceptors (Lipinski definition) is 6. The van der Waals surface area contributed by atoms with Crippen molar-refractivity contribution < 1.29 is 19.4 Å². The predicted molar refractivity (Wildman–Crippen MR) is 131 cm³/mol. The summed E-state index contributed by atoms with van der Waals surface area (Å²) in [4.78, 5) is 32.8. The number of amides is 2. The van der Waals surface area contributed by atoms with Gasteiger partial charge in [0.2, 0.25) is 17.8 Å². The zero-order valence-corrected chi connectivity index (χ0v) is 20.4. The van der Waals surface area contributed by atoms with E-state index in [9.17, 15) is 14.7 Å². The Morgan fingerprint density at radius 1 is 1.18 bits per heavy atom. The van der Waals surface area contributed by atoms with Gasteiger partial charge in [0, 0.05) is 31.6 Å². The van der Waals surface area contributed by atoms with Gasteiger partial charge in [-0.15, -0.1) is 0 Å². The Hall–Kier alpha value is -2.61. The van der Waals surface area contributed by atoms with E-state index in [0.717, 1.165) is 61.1 Å². The number of nitrogens with one attached hydrogen (secondary N) is 1. The molecule has 8 heteroatoms. The van der Waals surface area contributed by atoms with Crippen LogP contribution >= 0.6 is 0 Å². The molecule has 1 aromatic carbocycles. The lowest BCUT2D eigenvalue weighted by Crippen LogP contribution is -2.43. The third-order valence-corrected chi connectivity index (χ3v) is 7.07. The van der Waals surface area contributed by atoms with Crippen LogP contribution in [0.4, 0.5) is 5.69 Å². The number of hydrogen-bond donors (Lipinski definition) is 2. The lowest BCUT2D eigenvalue weighted by Gasteiger charge is -2.34. The number of carbonyl (C=O) groups is 2. The van der Waals surface area contributed by atoms with E-state index in [0.29, 0.717) is 44.7 Å². The molecule has 0 radical (unpaired) electrons. The highest BCUT2D eigenvalue weighted by Crippen LogP contribution is 2.33. The Morgan fingerprint density at radius 2 is 1.97 bits per heavy atom. The van der Waals surface area contributed by atoms with Gasteiger partial charge in [-0.05, 0) is 49.8 Å². The summed E-state index contributed by atoms with van der Waals surface area (Å²) in [6.45, 7) is 4.23. The van der Waals surface area contributed by atoms with Crippen LogP contribution in [0.15, 0.2) is 17.1 Å². The minimum absolute atomic E-state index is 0.0171. The van der Waals surface area contributed by atoms with E-state index in [1.165, 1.54) is 19.3 Å². The number of aliphatic hydroxyl groups is 1. The average molecular weight is 471 g/mol. The monoisotopic (exact) mass is 470 g/mol. The van der Waals surface area contributed by atoms with Crippen molar-refractivity contribution in [3.8, 4) is 5.75 Å². The molecule has 34 heavy (non-hydrogen) atoms. The third kappa shape index (κ3) is 6.09. The fourth-order valence-corrected chi connectivity index (χ4v) is 5.23. The van der Waals surface area contributed by atoms with Gasteiger partial charge in [0.25, 0.3) is 0 Å². The van der Waals surface area contributed by atoms with E-state index in [1.807, 2.05) is 22.8 Å². The van der Waals surface area contributed by atoms with E-state index in [2.05, 4.69) is 16.4 Å². The first-order valence-electron chi connectivity index (χ1n) is 12.9. The minimum atomic E-state index is -0.0171. The van der Waals surface area contributed by atoms with Crippen molar-refractivity contribution in [1.29, 1.82) is 0 Å². The molecule has 4 rings (SSSR count). The van der Waals surface area contributed by atoms with E-state index >= 15 is 0 Å². The van der Waals surface area contributed by atoms with Gasteiger partial charge in [0.1, 0.15) is 12.3 Å². The molecule has 0 bridgehead atoms. The molecule has 2 amide bonds. The molecule has 0 unspecified atom stereocenters. The Bertz CT molecular complexity index is 910. The van der Waals surface area contributed by atoms with Crippen LogP contribution in [0.3, 0.4) is 0 Å². The quantitative estimate of drug-likeness (QED) is 0.484. The van der Waals surface area contributed by atoms with E-state index in [-0.39, 0.29) is 18.4 Å². The van der Waals surface area contributed by atoms with Gasteiger partial charge in [0.15, 0.2) is 0 Å². The number of guanidine groups is 1. The van der Waals surface area contributed by atoms with Gasteiger partial charge >= 0.3 is 0 Å². The summed E-state index contributed by atoms with van der Waals surface area (Å²) < 4.78 is 6.04. The van der Waals surface area contributed by atoms with Gasteiger partial charge in [-0.2, -0.15) is 0 Å². The van der Waals surface area contributed by atoms with Gasteiger partial charge < -0.3 is 19.6 Å². The number of unbranched alkanes of at least 4 members (excludes halogenated alkanes) is 3. The first-order chi connectivity index (χ1) is 16.5. The fourth-order valence-electron chi connectivity index (χ4n) is 5.23. The number of carbonyl (C=O) groups excluding carboxylic acids is 2. The van der Waals surface area contributed by atoms with Gasteiger partial charge in [-0.3, -0.25) is 14.9 Å². The average Bonchev–Trinajstić information content (AvgIpc) is 3.19. The zero-order chi connectivity index (χ0) is 23.9. The van der Waals surface area contributed by atoms with Crippen molar-refractivity contribution in [3.63, 3.8) is 0 Å². The van der Waals surface area contributed by atoms with Crippen LogP contribution in [-0.2, 0) is 16.1 Å². The van der Waals surface area contributed by atoms with Crippen molar-refractivity contribution >= 4 is 23.5 Å². The SMILES string of the molecule is Cc1cc2c(cc1OCCCCCCC(=O)N(CCO)C1CCCCC1)N=C1NC(=O)CN1C2. The van der Waals surface area contributed by atoms with Gasteiger partial charge in [-0.1, -0.05) is 32.1 Å². The Labute approximate surface area is 202 Å². The molecule has 1 aromatic rings. The molecule has 1 aliphatic carbocycles. The fraction of sp³-hybridized carbons (Fsp3) is 0.654. The van der Waals surface area contributed by atoms with Crippen LogP contribution < -0.4 is 10.1 Å². The van der Waals surface area contributed by atoms with Crippen LogP contribution in [0, 0.1) is 6.92 Å². The topological polar surface area (TPSA) is 94.5 Å². The maximum atomic E-state index is 12.7. The Kier molecular flexibility index (Phi) is 8.43. The lowest BCUT2D eigenvalue weighted by atomic mass is 9.94. The first-order valence-corrected chi connectivity index (χ1v) is 12.9. The molecule has 3 aliphatic rings. The molecule has 2 N–H and O–H groups in total. The van der Waals surface area contributed by atoms with E-state index in [1.54, 1.807) is 0 Å². The summed E-state index contributed by atoms with van der Waals surface area (Å²) in [5.74, 6) is 1.64. The minimum Gasteiger partial charge on any atom is -0.493 e. The summed E-state index contributed by atoms with van der Waals surface area (Å²) in [5.41, 5.74) is 3.05. The van der Waals surface area contributed by atoms with Gasteiger partial charge in [0.05, 0.1) is 18.9 Å². The van der Waals surface area contributed by atoms with Crippen LogP contribution in [0.2, 0.25) is 0 Å². The Balaban J connectivity index is 1.17. The summed E-state index contributed by atoms with van der Waals surface area (Å²) in [6, 6.07) is 4.39. The molecule has 0 atom stereocenters. The molecule has 186 valence electrons. The summed E-state index contributed by atoms with van der Waals surface area (Å²) in [7, 11) is 0. The molecule has 2 aliphatic heterocycles. The number of aliphatic imine (C=N–C) groups is 1. The highest BCUT2D eigenvalue weighted by Gasteiger charge is 2.29. The number of fused-ring (bicyclic) bond motifs is 2. The molecule has 0 spiro atoms. The smallest absolute Gasteiger partial charge is 0.246 e. The number of aliphatic hydroxyl groups excluding tert-OH is 1. The summed E-state index contributed by atoms with van der Waals surface area (Å²) in [5, 5.41) is 12.2. The number of aryl methyl sites for hydroxylation is 1. The summed E-state index contributed by atoms with van der Waals surface area (Å²) >= 11 is 0.